The fourth-order valence-corrected chi connectivity index (χ4v) is 1.77. The maximum Gasteiger partial charge on any atom is 0.342 e. The molecule has 0 spiro atoms. The molecule has 0 aliphatic rings. The van der Waals surface area contributed by atoms with Gasteiger partial charge in [0, 0.05) is 5.02 Å². The summed E-state index contributed by atoms with van der Waals surface area (Å²) >= 11 is 5.79. The van der Waals surface area contributed by atoms with Crippen LogP contribution in [0.15, 0.2) is 18.2 Å². The lowest BCUT2D eigenvalue weighted by molar-refractivity contribution is -0.149. The second-order valence-electron chi connectivity index (χ2n) is 3.68. The summed E-state index contributed by atoms with van der Waals surface area (Å²) in [6, 6.07) is 3.87. The van der Waals surface area contributed by atoms with Crippen molar-refractivity contribution in [1.29, 1.82) is 0 Å². The zero-order valence-corrected chi connectivity index (χ0v) is 10.5. The zero-order valence-electron chi connectivity index (χ0n) is 9.74. The van der Waals surface area contributed by atoms with Gasteiger partial charge in [0.25, 0.3) is 0 Å². The van der Waals surface area contributed by atoms with Crippen molar-refractivity contribution >= 4 is 17.6 Å². The van der Waals surface area contributed by atoms with E-state index in [2.05, 4.69) is 4.74 Å². The smallest absolute Gasteiger partial charge is 0.342 e. The highest BCUT2D eigenvalue weighted by molar-refractivity contribution is 6.30. The Hall–Kier alpha value is -1.13. The van der Waals surface area contributed by atoms with Crippen molar-refractivity contribution in [1.82, 2.24) is 0 Å². The van der Waals surface area contributed by atoms with Crippen LogP contribution in [-0.2, 0) is 9.53 Å². The van der Waals surface area contributed by atoms with Gasteiger partial charge in [0.05, 0.1) is 12.6 Å². The molecule has 1 aromatic carbocycles. The first-order valence-corrected chi connectivity index (χ1v) is 5.67. The molecule has 1 aromatic rings. The molecule has 17 heavy (non-hydrogen) atoms. The quantitative estimate of drug-likeness (QED) is 0.846. The van der Waals surface area contributed by atoms with E-state index in [1.165, 1.54) is 0 Å². The Balaban J connectivity index is 2.88. The second kappa shape index (κ2) is 5.98. The third-order valence-corrected chi connectivity index (χ3v) is 2.65. The molecule has 2 atom stereocenters. The normalized spacial score (nSPS) is 14.2. The number of hydrogen-bond donors (Lipinski definition) is 1. The van der Waals surface area contributed by atoms with Gasteiger partial charge in [0.2, 0.25) is 6.17 Å². The largest absolute Gasteiger partial charge is 0.464 e. The maximum atomic E-state index is 13.7. The second-order valence-corrected chi connectivity index (χ2v) is 4.12. The van der Waals surface area contributed by atoms with Crippen molar-refractivity contribution in [2.24, 2.45) is 5.73 Å². The van der Waals surface area contributed by atoms with Gasteiger partial charge < -0.3 is 10.5 Å². The summed E-state index contributed by atoms with van der Waals surface area (Å²) in [5.41, 5.74) is 7.00. The van der Waals surface area contributed by atoms with Gasteiger partial charge in [-0.15, -0.1) is 0 Å². The summed E-state index contributed by atoms with van der Waals surface area (Å²) in [6.45, 7) is 3.51. The standard InChI is InChI=1S/C12H15ClFNO2/c1-3-17-12(16)10(14)11(15)9-5-4-8(13)6-7(9)2/h4-6,10-11H,3,15H2,1-2H3/t10?,11-/m0/s1. The van der Waals surface area contributed by atoms with Crippen LogP contribution >= 0.6 is 11.6 Å². The molecule has 0 radical (unpaired) electrons. The molecular weight excluding hydrogens is 245 g/mol. The highest BCUT2D eigenvalue weighted by Crippen LogP contribution is 2.24. The van der Waals surface area contributed by atoms with Crippen LogP contribution in [0.25, 0.3) is 0 Å². The average molecular weight is 260 g/mol. The topological polar surface area (TPSA) is 52.3 Å². The van der Waals surface area contributed by atoms with Gasteiger partial charge in [-0.1, -0.05) is 17.7 Å². The van der Waals surface area contributed by atoms with Crippen molar-refractivity contribution < 1.29 is 13.9 Å². The molecule has 2 N–H and O–H groups in total. The van der Waals surface area contributed by atoms with Gasteiger partial charge >= 0.3 is 5.97 Å². The number of aryl methyl sites for hydroxylation is 1. The van der Waals surface area contributed by atoms with E-state index in [-0.39, 0.29) is 6.61 Å². The molecule has 0 saturated carbocycles. The number of ether oxygens (including phenoxy) is 1. The Kier molecular flexibility index (Phi) is 4.90. The third-order valence-electron chi connectivity index (χ3n) is 2.42. The van der Waals surface area contributed by atoms with E-state index in [0.717, 1.165) is 5.56 Å². The first-order valence-electron chi connectivity index (χ1n) is 5.29. The van der Waals surface area contributed by atoms with Gasteiger partial charge in [-0.2, -0.15) is 0 Å². The molecule has 0 aliphatic carbocycles. The number of hydrogen-bond acceptors (Lipinski definition) is 3. The molecular formula is C12H15ClFNO2. The summed E-state index contributed by atoms with van der Waals surface area (Å²) in [5.74, 6) is -0.936. The summed E-state index contributed by atoms with van der Waals surface area (Å²) < 4.78 is 18.3. The van der Waals surface area contributed by atoms with Crippen molar-refractivity contribution in [2.75, 3.05) is 6.61 Å². The van der Waals surface area contributed by atoms with Gasteiger partial charge in [0.1, 0.15) is 0 Å². The van der Waals surface area contributed by atoms with E-state index >= 15 is 0 Å². The fraction of sp³-hybridized carbons (Fsp3) is 0.417. The summed E-state index contributed by atoms with van der Waals surface area (Å²) in [6.07, 6.45) is -1.87. The van der Waals surface area contributed by atoms with Crippen molar-refractivity contribution in [3.63, 3.8) is 0 Å². The Labute approximate surface area is 105 Å². The molecule has 0 fully saturated rings. The van der Waals surface area contributed by atoms with E-state index in [1.54, 1.807) is 32.0 Å². The van der Waals surface area contributed by atoms with Crippen LogP contribution in [0.2, 0.25) is 5.02 Å². The molecule has 0 saturated heterocycles. The van der Waals surface area contributed by atoms with Gasteiger partial charge in [-0.3, -0.25) is 0 Å². The Morgan fingerprint density at radius 1 is 1.59 bits per heavy atom. The molecule has 3 nitrogen and oxygen atoms in total. The lowest BCUT2D eigenvalue weighted by Crippen LogP contribution is -2.32. The van der Waals surface area contributed by atoms with Crippen molar-refractivity contribution in [2.45, 2.75) is 26.1 Å². The Morgan fingerprint density at radius 2 is 2.24 bits per heavy atom. The van der Waals surface area contributed by atoms with Crippen LogP contribution in [0.3, 0.4) is 0 Å². The molecule has 94 valence electrons. The summed E-state index contributed by atoms with van der Waals surface area (Å²) in [4.78, 5) is 11.2. The Bertz CT molecular complexity index is 411. The molecule has 0 heterocycles. The first kappa shape index (κ1) is 13.9. The predicted molar refractivity (Wildman–Crippen MR) is 64.6 cm³/mol. The molecule has 1 unspecified atom stereocenters. The Morgan fingerprint density at radius 3 is 2.76 bits per heavy atom. The third kappa shape index (κ3) is 3.41. The van der Waals surface area contributed by atoms with E-state index in [9.17, 15) is 9.18 Å². The number of nitrogens with two attached hydrogens (primary N) is 1. The SMILES string of the molecule is CCOC(=O)C(F)[C@@H](N)c1ccc(Cl)cc1C. The van der Waals surface area contributed by atoms with Crippen molar-refractivity contribution in [3.05, 3.63) is 34.3 Å². The number of benzene rings is 1. The van der Waals surface area contributed by atoms with Crippen LogP contribution in [0.4, 0.5) is 4.39 Å². The highest BCUT2D eigenvalue weighted by Gasteiger charge is 2.28. The van der Waals surface area contributed by atoms with E-state index in [4.69, 9.17) is 17.3 Å². The number of rotatable bonds is 4. The number of carbonyl (C=O) groups excluding carboxylic acids is 1. The van der Waals surface area contributed by atoms with Crippen LogP contribution in [0.5, 0.6) is 0 Å². The minimum atomic E-state index is -1.87. The van der Waals surface area contributed by atoms with Crippen LogP contribution < -0.4 is 5.73 Å². The molecule has 0 aliphatic heterocycles. The highest BCUT2D eigenvalue weighted by atomic mass is 35.5. The number of carbonyl (C=O) groups is 1. The van der Waals surface area contributed by atoms with Crippen LogP contribution in [0.1, 0.15) is 24.1 Å². The molecule has 1 rings (SSSR count). The number of alkyl halides is 1. The number of halogens is 2. The summed E-state index contributed by atoms with van der Waals surface area (Å²) in [5, 5.41) is 0.546. The van der Waals surface area contributed by atoms with E-state index in [1.807, 2.05) is 0 Å². The predicted octanol–water partition coefficient (Wildman–Crippen LogP) is 2.55. The molecule has 0 bridgehead atoms. The van der Waals surface area contributed by atoms with Crippen LogP contribution in [0, 0.1) is 6.92 Å². The van der Waals surface area contributed by atoms with Crippen molar-refractivity contribution in [3.8, 4) is 0 Å². The van der Waals surface area contributed by atoms with Gasteiger partial charge in [-0.25, -0.2) is 9.18 Å². The van der Waals surface area contributed by atoms with E-state index < -0.39 is 18.2 Å². The van der Waals surface area contributed by atoms with E-state index in [0.29, 0.717) is 10.6 Å². The minimum absolute atomic E-state index is 0.131. The number of esters is 1. The van der Waals surface area contributed by atoms with Gasteiger partial charge in [-0.05, 0) is 37.1 Å². The molecule has 5 heteroatoms. The lowest BCUT2D eigenvalue weighted by atomic mass is 9.98. The monoisotopic (exact) mass is 259 g/mol. The zero-order chi connectivity index (χ0) is 13.0. The lowest BCUT2D eigenvalue weighted by Gasteiger charge is -2.17. The maximum absolute atomic E-state index is 13.7. The van der Waals surface area contributed by atoms with Gasteiger partial charge in [0.15, 0.2) is 0 Å². The molecule has 0 aromatic heterocycles. The fourth-order valence-electron chi connectivity index (χ4n) is 1.54. The molecule has 0 amide bonds. The summed E-state index contributed by atoms with van der Waals surface area (Å²) in [7, 11) is 0. The first-order chi connectivity index (χ1) is 7.97. The minimum Gasteiger partial charge on any atom is -0.464 e. The average Bonchev–Trinajstić information content (AvgIpc) is 2.27. The van der Waals surface area contributed by atoms with Crippen LogP contribution in [-0.4, -0.2) is 18.7 Å².